The summed E-state index contributed by atoms with van der Waals surface area (Å²) in [5.41, 5.74) is -0.0249. The van der Waals surface area contributed by atoms with Gasteiger partial charge in [-0.1, -0.05) is 45.9 Å². The molecule has 0 fully saturated rings. The van der Waals surface area contributed by atoms with E-state index in [-0.39, 0.29) is 42.0 Å². The van der Waals surface area contributed by atoms with Crippen LogP contribution in [0.5, 0.6) is 0 Å². The molecular formula is C24H35N3O5. The van der Waals surface area contributed by atoms with Crippen molar-refractivity contribution < 1.29 is 23.5 Å². The van der Waals surface area contributed by atoms with Gasteiger partial charge in [0.25, 0.3) is 5.91 Å². The molecule has 3 amide bonds. The van der Waals surface area contributed by atoms with Gasteiger partial charge in [-0.3, -0.25) is 9.59 Å². The van der Waals surface area contributed by atoms with E-state index in [0.717, 1.165) is 5.39 Å². The van der Waals surface area contributed by atoms with Crippen molar-refractivity contribution in [2.24, 2.45) is 11.8 Å². The number of furan rings is 1. The molecule has 1 heterocycles. The third kappa shape index (κ3) is 7.28. The maximum absolute atomic E-state index is 12.9. The van der Waals surface area contributed by atoms with Crippen LogP contribution in [0.25, 0.3) is 11.0 Å². The van der Waals surface area contributed by atoms with Crippen molar-refractivity contribution in [2.45, 2.75) is 66.2 Å². The Hall–Kier alpha value is -3.03. The number of amides is 3. The number of rotatable bonds is 8. The summed E-state index contributed by atoms with van der Waals surface area (Å²) in [5.74, 6) is -0.577. The van der Waals surface area contributed by atoms with Gasteiger partial charge in [-0.2, -0.15) is 0 Å². The number of alkyl carbamates (subject to hydrolysis) is 1. The second-order valence-electron chi connectivity index (χ2n) is 9.59. The molecule has 3 N–H and O–H groups in total. The van der Waals surface area contributed by atoms with Gasteiger partial charge in [-0.25, -0.2) is 4.79 Å². The van der Waals surface area contributed by atoms with Gasteiger partial charge in [0, 0.05) is 18.0 Å². The largest absolute Gasteiger partial charge is 0.451 e. The predicted molar refractivity (Wildman–Crippen MR) is 123 cm³/mol. The maximum Gasteiger partial charge on any atom is 0.408 e. The number of ether oxygens (including phenoxy) is 1. The third-order valence-corrected chi connectivity index (χ3v) is 4.89. The molecule has 2 atom stereocenters. The SMILES string of the molecule is CC(C)C(NC(=O)OC(C)(C)C)C(=O)N[C@H](CNC(=O)c1cc2ccccc2o1)C(C)C. The van der Waals surface area contributed by atoms with Crippen LogP contribution >= 0.6 is 0 Å². The summed E-state index contributed by atoms with van der Waals surface area (Å²) in [4.78, 5) is 37.6. The number of fused-ring (bicyclic) bond motifs is 1. The van der Waals surface area contributed by atoms with Gasteiger partial charge in [0.15, 0.2) is 5.76 Å². The lowest BCUT2D eigenvalue weighted by molar-refractivity contribution is -0.125. The fraction of sp³-hybridized carbons (Fsp3) is 0.542. The zero-order valence-corrected chi connectivity index (χ0v) is 19.9. The van der Waals surface area contributed by atoms with Gasteiger partial charge in [-0.05, 0) is 44.7 Å². The minimum absolute atomic E-state index is 0.0456. The van der Waals surface area contributed by atoms with E-state index in [1.54, 1.807) is 32.9 Å². The summed E-state index contributed by atoms with van der Waals surface area (Å²) in [7, 11) is 0. The number of carbonyl (C=O) groups is 3. The fourth-order valence-corrected chi connectivity index (χ4v) is 3.08. The van der Waals surface area contributed by atoms with Crippen LogP contribution in [0.15, 0.2) is 34.7 Å². The van der Waals surface area contributed by atoms with E-state index in [1.165, 1.54) is 0 Å². The first-order chi connectivity index (χ1) is 14.9. The van der Waals surface area contributed by atoms with Crippen LogP contribution in [0.3, 0.4) is 0 Å². The first-order valence-electron chi connectivity index (χ1n) is 10.9. The first-order valence-corrected chi connectivity index (χ1v) is 10.9. The molecule has 8 heteroatoms. The van der Waals surface area contributed by atoms with Crippen molar-refractivity contribution >= 4 is 28.9 Å². The molecule has 2 rings (SSSR count). The van der Waals surface area contributed by atoms with Crippen LogP contribution in [0.2, 0.25) is 0 Å². The smallest absolute Gasteiger partial charge is 0.408 e. The van der Waals surface area contributed by atoms with E-state index < -0.39 is 17.7 Å². The van der Waals surface area contributed by atoms with Crippen LogP contribution in [0.4, 0.5) is 4.79 Å². The highest BCUT2D eigenvalue weighted by atomic mass is 16.6. The van der Waals surface area contributed by atoms with E-state index >= 15 is 0 Å². The lowest BCUT2D eigenvalue weighted by Gasteiger charge is -2.28. The van der Waals surface area contributed by atoms with Crippen molar-refractivity contribution in [1.82, 2.24) is 16.0 Å². The highest BCUT2D eigenvalue weighted by Gasteiger charge is 2.29. The average Bonchev–Trinajstić information content (AvgIpc) is 3.11. The Morgan fingerprint density at radius 2 is 1.66 bits per heavy atom. The van der Waals surface area contributed by atoms with Crippen molar-refractivity contribution in [1.29, 1.82) is 0 Å². The molecule has 32 heavy (non-hydrogen) atoms. The molecule has 0 radical (unpaired) electrons. The Bertz CT molecular complexity index is 910. The van der Waals surface area contributed by atoms with E-state index in [4.69, 9.17) is 9.15 Å². The molecular weight excluding hydrogens is 410 g/mol. The normalized spacial score (nSPS) is 13.7. The number of hydrogen-bond acceptors (Lipinski definition) is 5. The molecule has 1 aromatic heterocycles. The quantitative estimate of drug-likeness (QED) is 0.572. The monoisotopic (exact) mass is 445 g/mol. The predicted octanol–water partition coefficient (Wildman–Crippen LogP) is 3.85. The number of hydrogen-bond donors (Lipinski definition) is 3. The summed E-state index contributed by atoms with van der Waals surface area (Å²) in [6.45, 7) is 13.1. The van der Waals surface area contributed by atoms with Gasteiger partial charge >= 0.3 is 6.09 Å². The Morgan fingerprint density at radius 1 is 1.00 bits per heavy atom. The molecule has 8 nitrogen and oxygen atoms in total. The molecule has 1 unspecified atom stereocenters. The minimum Gasteiger partial charge on any atom is -0.451 e. The van der Waals surface area contributed by atoms with Crippen molar-refractivity contribution in [3.63, 3.8) is 0 Å². The summed E-state index contributed by atoms with van der Waals surface area (Å²) < 4.78 is 10.9. The van der Waals surface area contributed by atoms with E-state index in [1.807, 2.05) is 45.9 Å². The number of carbonyl (C=O) groups excluding carboxylic acids is 3. The number of benzene rings is 1. The zero-order chi connectivity index (χ0) is 24.1. The van der Waals surface area contributed by atoms with Gasteiger partial charge in [-0.15, -0.1) is 0 Å². The summed E-state index contributed by atoms with van der Waals surface area (Å²) in [5, 5.41) is 9.27. The highest BCUT2D eigenvalue weighted by molar-refractivity contribution is 5.96. The van der Waals surface area contributed by atoms with E-state index in [2.05, 4.69) is 16.0 Å². The Balaban J connectivity index is 2.00. The van der Waals surface area contributed by atoms with Crippen LogP contribution in [-0.4, -0.2) is 42.1 Å². The molecule has 2 aromatic rings. The van der Waals surface area contributed by atoms with Gasteiger partial charge in [0.1, 0.15) is 17.2 Å². The Morgan fingerprint density at radius 3 is 2.22 bits per heavy atom. The molecule has 0 aliphatic heterocycles. The van der Waals surface area contributed by atoms with Crippen molar-refractivity contribution in [2.75, 3.05) is 6.54 Å². The van der Waals surface area contributed by atoms with Gasteiger partial charge in [0.2, 0.25) is 5.91 Å². The van der Waals surface area contributed by atoms with Crippen molar-refractivity contribution in [3.05, 3.63) is 36.1 Å². The third-order valence-electron chi connectivity index (χ3n) is 4.89. The van der Waals surface area contributed by atoms with E-state index in [0.29, 0.717) is 5.58 Å². The maximum atomic E-state index is 12.9. The summed E-state index contributed by atoms with van der Waals surface area (Å²) >= 11 is 0. The Labute approximate surface area is 189 Å². The fourth-order valence-electron chi connectivity index (χ4n) is 3.08. The molecule has 0 aliphatic rings. The molecule has 176 valence electrons. The first kappa shape index (κ1) is 25.2. The van der Waals surface area contributed by atoms with Crippen molar-refractivity contribution in [3.8, 4) is 0 Å². The average molecular weight is 446 g/mol. The summed E-state index contributed by atoms with van der Waals surface area (Å²) in [6.07, 6.45) is -0.648. The van der Waals surface area contributed by atoms with E-state index in [9.17, 15) is 14.4 Å². The second kappa shape index (κ2) is 10.5. The molecule has 0 bridgehead atoms. The summed E-state index contributed by atoms with van der Waals surface area (Å²) in [6, 6.07) is 7.97. The van der Waals surface area contributed by atoms with Crippen LogP contribution < -0.4 is 16.0 Å². The van der Waals surface area contributed by atoms with Crippen LogP contribution in [-0.2, 0) is 9.53 Å². The zero-order valence-electron chi connectivity index (χ0n) is 19.9. The second-order valence-corrected chi connectivity index (χ2v) is 9.59. The number of para-hydroxylation sites is 1. The lowest BCUT2D eigenvalue weighted by Crippen LogP contribution is -2.55. The lowest BCUT2D eigenvalue weighted by atomic mass is 10.00. The van der Waals surface area contributed by atoms with Crippen LogP contribution in [0, 0.1) is 11.8 Å². The minimum atomic E-state index is -0.767. The molecule has 0 aliphatic carbocycles. The molecule has 0 saturated carbocycles. The highest BCUT2D eigenvalue weighted by Crippen LogP contribution is 2.18. The topological polar surface area (TPSA) is 110 Å². The van der Waals surface area contributed by atoms with Gasteiger partial charge < -0.3 is 25.1 Å². The number of nitrogens with one attached hydrogen (secondary N) is 3. The van der Waals surface area contributed by atoms with Crippen LogP contribution in [0.1, 0.15) is 59.0 Å². The molecule has 0 spiro atoms. The van der Waals surface area contributed by atoms with Gasteiger partial charge in [0.05, 0.1) is 0 Å². The Kier molecular flexibility index (Phi) is 8.30. The molecule has 1 aromatic carbocycles. The molecule has 0 saturated heterocycles. The standard InChI is InChI=1S/C24H35N3O5/c1-14(2)17(13-25-21(28)19-12-16-10-8-9-11-18(16)31-19)26-22(29)20(15(3)4)27-23(30)32-24(5,6)7/h8-12,14-15,17,20H,13H2,1-7H3,(H,25,28)(H,26,29)(H,27,30)/t17-,20?/m1/s1.